The van der Waals surface area contributed by atoms with E-state index in [4.69, 9.17) is 0 Å². The Bertz CT molecular complexity index is 628. The Balaban J connectivity index is 1.49. The summed E-state index contributed by atoms with van der Waals surface area (Å²) in [5, 5.41) is 3.85. The zero-order valence-corrected chi connectivity index (χ0v) is 18.2. The van der Waals surface area contributed by atoms with Gasteiger partial charge < -0.3 is 10.1 Å². The third kappa shape index (κ3) is 2.31. The lowest BCUT2D eigenvalue weighted by Crippen LogP contribution is -2.66. The van der Waals surface area contributed by atoms with Crippen LogP contribution >= 0.6 is 0 Å². The van der Waals surface area contributed by atoms with Crippen LogP contribution in [0, 0.1) is 45.8 Å². The number of fused-ring (bicyclic) bond motifs is 7. The molecule has 1 aliphatic heterocycles. The summed E-state index contributed by atoms with van der Waals surface area (Å²) in [6, 6.07) is 0. The molecule has 1 heterocycles. The molecule has 0 radical (unpaired) electrons. The summed E-state index contributed by atoms with van der Waals surface area (Å²) < 4.78 is 0. The monoisotopic (exact) mass is 371 g/mol. The second kappa shape index (κ2) is 5.83. The molecular formula is C25H41NO. The summed E-state index contributed by atoms with van der Waals surface area (Å²) in [6.45, 7) is 11.5. The Morgan fingerprint density at radius 2 is 1.59 bits per heavy atom. The van der Waals surface area contributed by atoms with Crippen LogP contribution in [0.3, 0.4) is 0 Å². The van der Waals surface area contributed by atoms with Crippen LogP contribution in [0.15, 0.2) is 0 Å². The predicted molar refractivity (Wildman–Crippen MR) is 110 cm³/mol. The molecular weight excluding hydrogens is 330 g/mol. The zero-order chi connectivity index (χ0) is 19.1. The van der Waals surface area contributed by atoms with Gasteiger partial charge in [0.2, 0.25) is 0 Å². The van der Waals surface area contributed by atoms with Crippen LogP contribution in [0.1, 0.15) is 91.9 Å². The van der Waals surface area contributed by atoms with E-state index in [0.717, 1.165) is 23.7 Å². The second-order valence-corrected chi connectivity index (χ2v) is 12.3. The Labute approximate surface area is 166 Å². The van der Waals surface area contributed by atoms with Gasteiger partial charge in [-0.2, -0.15) is 0 Å². The third-order valence-electron chi connectivity index (χ3n) is 11.2. The number of piperidine rings is 1. The summed E-state index contributed by atoms with van der Waals surface area (Å²) in [5.74, 6) is 4.13. The normalized spacial score (nSPS) is 56.4. The van der Waals surface area contributed by atoms with Crippen LogP contribution in [-0.4, -0.2) is 18.4 Å². The smallest absolute Gasteiger partial charge is 0.126 e. The molecule has 0 amide bonds. The van der Waals surface area contributed by atoms with E-state index in [1.807, 2.05) is 0 Å². The van der Waals surface area contributed by atoms with Crippen LogP contribution in [-0.2, 0) is 4.79 Å². The van der Waals surface area contributed by atoms with Crippen molar-refractivity contribution in [2.75, 3.05) is 6.54 Å². The zero-order valence-electron chi connectivity index (χ0n) is 18.2. The molecule has 2 heteroatoms. The Kier molecular flexibility index (Phi) is 4.03. The van der Waals surface area contributed by atoms with Crippen LogP contribution in [0.2, 0.25) is 0 Å². The van der Waals surface area contributed by atoms with Crippen molar-refractivity contribution in [1.29, 1.82) is 0 Å². The molecule has 2 nitrogen and oxygen atoms in total. The van der Waals surface area contributed by atoms with Crippen LogP contribution in [0.4, 0.5) is 0 Å². The van der Waals surface area contributed by atoms with E-state index >= 15 is 0 Å². The van der Waals surface area contributed by atoms with Gasteiger partial charge in [0.25, 0.3) is 0 Å². The first-order valence-corrected chi connectivity index (χ1v) is 12.0. The minimum Gasteiger partial charge on any atom is -0.311 e. The van der Waals surface area contributed by atoms with Gasteiger partial charge in [0, 0.05) is 11.0 Å². The molecule has 152 valence electrons. The maximum atomic E-state index is 12.1. The minimum absolute atomic E-state index is 0.0716. The molecule has 4 saturated carbocycles. The molecule has 4 aliphatic carbocycles. The summed E-state index contributed by atoms with van der Waals surface area (Å²) in [6.07, 6.45) is 14.7. The highest BCUT2D eigenvalue weighted by molar-refractivity contribution is 5.61. The molecule has 27 heavy (non-hydrogen) atoms. The lowest BCUT2D eigenvalue weighted by atomic mass is 9.38. The first-order chi connectivity index (χ1) is 12.8. The van der Waals surface area contributed by atoms with Crippen molar-refractivity contribution in [1.82, 2.24) is 5.32 Å². The summed E-state index contributed by atoms with van der Waals surface area (Å²) >= 11 is 0. The topological polar surface area (TPSA) is 29.1 Å². The summed E-state index contributed by atoms with van der Waals surface area (Å²) in [4.78, 5) is 12.1. The maximum absolute atomic E-state index is 12.1. The van der Waals surface area contributed by atoms with E-state index < -0.39 is 0 Å². The average Bonchev–Trinajstić information content (AvgIpc) is 3.05. The van der Waals surface area contributed by atoms with Crippen LogP contribution in [0.5, 0.6) is 0 Å². The molecule has 5 aliphatic rings. The van der Waals surface area contributed by atoms with Crippen LogP contribution < -0.4 is 5.32 Å². The molecule has 8 unspecified atom stereocenters. The Morgan fingerprint density at radius 3 is 2.37 bits per heavy atom. The number of aldehydes is 1. The van der Waals surface area contributed by atoms with Crippen molar-refractivity contribution in [3.8, 4) is 0 Å². The fraction of sp³-hybridized carbons (Fsp3) is 0.960. The summed E-state index contributed by atoms with van der Waals surface area (Å²) in [7, 11) is 0. The highest BCUT2D eigenvalue weighted by atomic mass is 16.1. The highest BCUT2D eigenvalue weighted by Crippen LogP contribution is 2.71. The van der Waals surface area contributed by atoms with Gasteiger partial charge in [-0.3, -0.25) is 0 Å². The molecule has 0 aromatic heterocycles. The fourth-order valence-corrected chi connectivity index (χ4v) is 10.1. The molecule has 0 spiro atoms. The summed E-state index contributed by atoms with van der Waals surface area (Å²) in [5.41, 5.74) is 1.37. The molecule has 1 saturated heterocycles. The number of hydrogen-bond donors (Lipinski definition) is 1. The van der Waals surface area contributed by atoms with Crippen molar-refractivity contribution < 1.29 is 4.79 Å². The number of nitrogens with one attached hydrogen (secondary N) is 1. The first kappa shape index (κ1) is 18.6. The first-order valence-electron chi connectivity index (χ1n) is 12.0. The van der Waals surface area contributed by atoms with Gasteiger partial charge in [0.15, 0.2) is 0 Å². The molecule has 0 aromatic rings. The van der Waals surface area contributed by atoms with Crippen molar-refractivity contribution in [2.24, 2.45) is 45.8 Å². The van der Waals surface area contributed by atoms with E-state index in [1.54, 1.807) is 0 Å². The average molecular weight is 372 g/mol. The van der Waals surface area contributed by atoms with Gasteiger partial charge in [0.1, 0.15) is 6.29 Å². The molecule has 5 rings (SSSR count). The van der Waals surface area contributed by atoms with E-state index in [-0.39, 0.29) is 11.0 Å². The number of carbonyl (C=O) groups is 1. The van der Waals surface area contributed by atoms with Crippen molar-refractivity contribution in [3.05, 3.63) is 0 Å². The molecule has 1 N–H and O–H groups in total. The van der Waals surface area contributed by atoms with Gasteiger partial charge in [-0.15, -0.1) is 0 Å². The van der Waals surface area contributed by atoms with Gasteiger partial charge in [-0.1, -0.05) is 20.3 Å². The molecule has 5 fully saturated rings. The van der Waals surface area contributed by atoms with Gasteiger partial charge in [-0.25, -0.2) is 0 Å². The number of rotatable bonds is 1. The van der Waals surface area contributed by atoms with E-state index in [0.29, 0.717) is 16.7 Å². The van der Waals surface area contributed by atoms with Crippen molar-refractivity contribution >= 4 is 6.29 Å². The molecule has 0 aromatic carbocycles. The van der Waals surface area contributed by atoms with Gasteiger partial charge >= 0.3 is 0 Å². The lowest BCUT2D eigenvalue weighted by molar-refractivity contribution is -0.185. The SMILES string of the molecule is CC1(C)NCCC2(C)C1CCC1(C)C3CCC4(C=O)CCCC4C3CCC12. The molecule has 8 atom stereocenters. The third-order valence-corrected chi connectivity index (χ3v) is 11.2. The van der Waals surface area contributed by atoms with Gasteiger partial charge in [-0.05, 0) is 119 Å². The van der Waals surface area contributed by atoms with E-state index in [9.17, 15) is 4.79 Å². The van der Waals surface area contributed by atoms with E-state index in [2.05, 4.69) is 33.0 Å². The van der Waals surface area contributed by atoms with Crippen molar-refractivity contribution in [3.63, 3.8) is 0 Å². The quantitative estimate of drug-likeness (QED) is 0.608. The largest absolute Gasteiger partial charge is 0.311 e. The highest BCUT2D eigenvalue weighted by Gasteiger charge is 2.65. The fourth-order valence-electron chi connectivity index (χ4n) is 10.1. The van der Waals surface area contributed by atoms with Crippen molar-refractivity contribution in [2.45, 2.75) is 97.4 Å². The van der Waals surface area contributed by atoms with Gasteiger partial charge in [0.05, 0.1) is 0 Å². The van der Waals surface area contributed by atoms with Crippen LogP contribution in [0.25, 0.3) is 0 Å². The Hall–Kier alpha value is -0.370. The number of hydrogen-bond acceptors (Lipinski definition) is 2. The maximum Gasteiger partial charge on any atom is 0.126 e. The van der Waals surface area contributed by atoms with E-state index in [1.165, 1.54) is 77.0 Å². The molecule has 0 bridgehead atoms. The predicted octanol–water partition coefficient (Wildman–Crippen LogP) is 5.60. The minimum atomic E-state index is 0.0716. The standard InChI is InChI=1S/C25H41NO/c1-22(2)20-10-12-23(3)18-9-13-25(16-27)11-5-6-19(25)17(18)7-8-21(23)24(20,4)14-15-26-22/h16-21,26H,5-15H2,1-4H3. The Morgan fingerprint density at radius 1 is 0.778 bits per heavy atom. The lowest BCUT2D eigenvalue weighted by Gasteiger charge is -2.68. The second-order valence-electron chi connectivity index (χ2n) is 12.3. The number of carbonyl (C=O) groups excluding carboxylic acids is 1.